The Labute approximate surface area is 108 Å². The van der Waals surface area contributed by atoms with Gasteiger partial charge in [0.05, 0.1) is 0 Å². The van der Waals surface area contributed by atoms with Gasteiger partial charge in [0, 0.05) is 21.8 Å². The van der Waals surface area contributed by atoms with Gasteiger partial charge in [-0.3, -0.25) is 0 Å². The van der Waals surface area contributed by atoms with E-state index in [1.165, 1.54) is 12.3 Å². The van der Waals surface area contributed by atoms with Crippen LogP contribution in [0.3, 0.4) is 0 Å². The van der Waals surface area contributed by atoms with Crippen molar-refractivity contribution in [2.75, 3.05) is 0 Å². The number of nitrogens with zero attached hydrogens (tertiary/aromatic N) is 1. The predicted octanol–water partition coefficient (Wildman–Crippen LogP) is 4.11. The zero-order chi connectivity index (χ0) is 12.3. The molecule has 0 spiro atoms. The first kappa shape index (κ1) is 12.1. The standard InChI is InChI=1S/C12H8Cl2FNO/c13-9-3-1-4-10(14)8(9)7-17-11-5-2-6-16-12(11)15/h1-6H,7H2. The third-order valence-electron chi connectivity index (χ3n) is 2.16. The Morgan fingerprint density at radius 2 is 1.82 bits per heavy atom. The lowest BCUT2D eigenvalue weighted by atomic mass is 10.2. The maximum absolute atomic E-state index is 13.2. The quantitative estimate of drug-likeness (QED) is 0.784. The average Bonchev–Trinajstić information content (AvgIpc) is 2.30. The van der Waals surface area contributed by atoms with Gasteiger partial charge >= 0.3 is 0 Å². The average molecular weight is 272 g/mol. The second-order valence-corrected chi connectivity index (χ2v) is 4.10. The molecule has 0 saturated heterocycles. The molecule has 0 unspecified atom stereocenters. The SMILES string of the molecule is Fc1ncccc1OCc1c(Cl)cccc1Cl. The Hall–Kier alpha value is -1.32. The van der Waals surface area contributed by atoms with Crippen molar-refractivity contribution in [3.8, 4) is 5.75 Å². The highest BCUT2D eigenvalue weighted by atomic mass is 35.5. The summed E-state index contributed by atoms with van der Waals surface area (Å²) in [6.45, 7) is 0.0983. The van der Waals surface area contributed by atoms with Crippen molar-refractivity contribution in [1.82, 2.24) is 4.98 Å². The third kappa shape index (κ3) is 2.87. The van der Waals surface area contributed by atoms with Crippen molar-refractivity contribution in [3.63, 3.8) is 0 Å². The monoisotopic (exact) mass is 271 g/mol. The summed E-state index contributed by atoms with van der Waals surface area (Å²) in [6, 6.07) is 8.22. The highest BCUT2D eigenvalue weighted by molar-refractivity contribution is 6.35. The molecule has 2 nitrogen and oxygen atoms in total. The van der Waals surface area contributed by atoms with Crippen LogP contribution in [-0.2, 0) is 6.61 Å². The van der Waals surface area contributed by atoms with Crippen molar-refractivity contribution in [3.05, 3.63) is 58.1 Å². The molecule has 2 rings (SSSR count). The third-order valence-corrected chi connectivity index (χ3v) is 2.87. The molecule has 0 aliphatic heterocycles. The van der Waals surface area contributed by atoms with Gasteiger partial charge in [-0.2, -0.15) is 4.39 Å². The van der Waals surface area contributed by atoms with Crippen LogP contribution in [0.5, 0.6) is 5.75 Å². The van der Waals surface area contributed by atoms with E-state index in [-0.39, 0.29) is 12.4 Å². The molecule has 5 heteroatoms. The van der Waals surface area contributed by atoms with Gasteiger partial charge in [0.2, 0.25) is 0 Å². The number of halogens is 3. The van der Waals surface area contributed by atoms with E-state index in [1.54, 1.807) is 24.3 Å². The Morgan fingerprint density at radius 3 is 2.47 bits per heavy atom. The molecule has 2 aromatic rings. The van der Waals surface area contributed by atoms with Gasteiger partial charge in [-0.1, -0.05) is 29.3 Å². The zero-order valence-electron chi connectivity index (χ0n) is 8.66. The summed E-state index contributed by atoms with van der Waals surface area (Å²) in [7, 11) is 0. The summed E-state index contributed by atoms with van der Waals surface area (Å²) in [5.41, 5.74) is 0.624. The number of hydrogen-bond donors (Lipinski definition) is 0. The molecule has 0 amide bonds. The molecule has 1 aromatic carbocycles. The number of pyridine rings is 1. The number of ether oxygens (including phenoxy) is 1. The van der Waals surface area contributed by atoms with Crippen LogP contribution in [-0.4, -0.2) is 4.98 Å². The van der Waals surface area contributed by atoms with E-state index < -0.39 is 5.95 Å². The van der Waals surface area contributed by atoms with Crippen LogP contribution in [0.1, 0.15) is 5.56 Å². The summed E-state index contributed by atoms with van der Waals surface area (Å²) >= 11 is 11.9. The molecule has 0 radical (unpaired) electrons. The van der Waals surface area contributed by atoms with Gasteiger partial charge in [-0.25, -0.2) is 4.98 Å². The van der Waals surface area contributed by atoms with Gasteiger partial charge in [0.15, 0.2) is 5.75 Å². The van der Waals surface area contributed by atoms with Crippen LogP contribution < -0.4 is 4.74 Å². The molecule has 0 atom stereocenters. The maximum atomic E-state index is 13.2. The molecule has 0 bridgehead atoms. The fraction of sp³-hybridized carbons (Fsp3) is 0.0833. The lowest BCUT2D eigenvalue weighted by Gasteiger charge is -2.09. The molecule has 1 heterocycles. The van der Waals surface area contributed by atoms with Gasteiger partial charge in [-0.05, 0) is 24.3 Å². The maximum Gasteiger partial charge on any atom is 0.255 e. The summed E-state index contributed by atoms with van der Waals surface area (Å²) in [5, 5.41) is 0.976. The fourth-order valence-corrected chi connectivity index (χ4v) is 1.81. The van der Waals surface area contributed by atoms with Crippen molar-refractivity contribution in [1.29, 1.82) is 0 Å². The predicted molar refractivity (Wildman–Crippen MR) is 65.0 cm³/mol. The number of benzene rings is 1. The Morgan fingerprint density at radius 1 is 1.12 bits per heavy atom. The molecule has 17 heavy (non-hydrogen) atoms. The van der Waals surface area contributed by atoms with E-state index in [9.17, 15) is 4.39 Å². The number of aromatic nitrogens is 1. The molecule has 0 fully saturated rings. The fourth-order valence-electron chi connectivity index (χ4n) is 1.30. The van der Waals surface area contributed by atoms with Gasteiger partial charge < -0.3 is 4.74 Å². The van der Waals surface area contributed by atoms with Crippen LogP contribution in [0.15, 0.2) is 36.5 Å². The van der Waals surface area contributed by atoms with Crippen LogP contribution in [0, 0.1) is 5.95 Å². The van der Waals surface area contributed by atoms with E-state index in [0.29, 0.717) is 15.6 Å². The van der Waals surface area contributed by atoms with Gasteiger partial charge in [0.25, 0.3) is 5.95 Å². The van der Waals surface area contributed by atoms with E-state index in [4.69, 9.17) is 27.9 Å². The molecule has 0 aliphatic carbocycles. The minimum Gasteiger partial charge on any atom is -0.484 e. The Balaban J connectivity index is 2.16. The molecule has 0 N–H and O–H groups in total. The normalized spacial score (nSPS) is 10.3. The smallest absolute Gasteiger partial charge is 0.255 e. The van der Waals surface area contributed by atoms with Crippen molar-refractivity contribution >= 4 is 23.2 Å². The molecular weight excluding hydrogens is 264 g/mol. The van der Waals surface area contributed by atoms with Crippen molar-refractivity contribution < 1.29 is 9.13 Å². The highest BCUT2D eigenvalue weighted by Crippen LogP contribution is 2.26. The lowest BCUT2D eigenvalue weighted by Crippen LogP contribution is -1.99. The first-order valence-electron chi connectivity index (χ1n) is 4.84. The van der Waals surface area contributed by atoms with E-state index in [1.807, 2.05) is 0 Å². The molecule has 88 valence electrons. The summed E-state index contributed by atoms with van der Waals surface area (Å²) in [4.78, 5) is 3.48. The summed E-state index contributed by atoms with van der Waals surface area (Å²) in [6.07, 6.45) is 1.35. The molecular formula is C12H8Cl2FNO. The molecule has 0 aliphatic rings. The van der Waals surface area contributed by atoms with Crippen LogP contribution >= 0.6 is 23.2 Å². The van der Waals surface area contributed by atoms with Crippen molar-refractivity contribution in [2.24, 2.45) is 0 Å². The minimum absolute atomic E-state index is 0.0727. The van der Waals surface area contributed by atoms with Crippen LogP contribution in [0.4, 0.5) is 4.39 Å². The highest BCUT2D eigenvalue weighted by Gasteiger charge is 2.08. The summed E-state index contributed by atoms with van der Waals surface area (Å²) in [5.74, 6) is -0.584. The van der Waals surface area contributed by atoms with Crippen LogP contribution in [0.25, 0.3) is 0 Å². The lowest BCUT2D eigenvalue weighted by molar-refractivity contribution is 0.286. The number of hydrogen-bond acceptors (Lipinski definition) is 2. The largest absolute Gasteiger partial charge is 0.484 e. The van der Waals surface area contributed by atoms with E-state index in [2.05, 4.69) is 4.98 Å². The van der Waals surface area contributed by atoms with Gasteiger partial charge in [0.1, 0.15) is 6.61 Å². The Bertz CT molecular complexity index is 513. The minimum atomic E-state index is -0.657. The van der Waals surface area contributed by atoms with Crippen LogP contribution in [0.2, 0.25) is 10.0 Å². The van der Waals surface area contributed by atoms with E-state index in [0.717, 1.165) is 0 Å². The zero-order valence-corrected chi connectivity index (χ0v) is 10.2. The van der Waals surface area contributed by atoms with E-state index >= 15 is 0 Å². The number of rotatable bonds is 3. The first-order chi connectivity index (χ1) is 8.18. The summed E-state index contributed by atoms with van der Waals surface area (Å²) < 4.78 is 18.5. The topological polar surface area (TPSA) is 22.1 Å². The second-order valence-electron chi connectivity index (χ2n) is 3.28. The molecule has 1 aromatic heterocycles. The first-order valence-corrected chi connectivity index (χ1v) is 5.60. The van der Waals surface area contributed by atoms with Crippen molar-refractivity contribution in [2.45, 2.75) is 6.61 Å². The second kappa shape index (κ2) is 5.34. The van der Waals surface area contributed by atoms with Gasteiger partial charge in [-0.15, -0.1) is 0 Å². The Kier molecular flexibility index (Phi) is 3.82. The molecule has 0 saturated carbocycles.